The molecule has 3 aromatic rings. The zero-order valence-corrected chi connectivity index (χ0v) is 16.8. The number of fused-ring (bicyclic) bond motifs is 1. The Labute approximate surface area is 169 Å². The van der Waals surface area contributed by atoms with E-state index in [9.17, 15) is 9.59 Å². The zero-order valence-electron chi connectivity index (χ0n) is 16.8. The van der Waals surface area contributed by atoms with E-state index in [1.165, 1.54) is 0 Å². The molecule has 1 aliphatic carbocycles. The van der Waals surface area contributed by atoms with Crippen molar-refractivity contribution in [1.29, 1.82) is 0 Å². The molecule has 1 aliphatic rings. The van der Waals surface area contributed by atoms with Crippen molar-refractivity contribution in [2.24, 2.45) is 18.9 Å². The Morgan fingerprint density at radius 2 is 1.97 bits per heavy atom. The lowest BCUT2D eigenvalue weighted by Crippen LogP contribution is -2.31. The first-order valence-corrected chi connectivity index (χ1v) is 10.1. The van der Waals surface area contributed by atoms with E-state index in [0.717, 1.165) is 48.0 Å². The lowest BCUT2D eigenvalue weighted by atomic mass is 9.81. The minimum atomic E-state index is -0.0429. The molecule has 2 aromatic heterocycles. The van der Waals surface area contributed by atoms with Crippen molar-refractivity contribution in [2.75, 3.05) is 5.32 Å². The molecule has 7 heteroatoms. The second kappa shape index (κ2) is 7.73. The summed E-state index contributed by atoms with van der Waals surface area (Å²) < 4.78 is 3.43. The molecule has 0 bridgehead atoms. The molecule has 3 N–H and O–H groups in total. The Kier molecular flexibility index (Phi) is 5.13. The van der Waals surface area contributed by atoms with Crippen LogP contribution in [-0.4, -0.2) is 25.1 Å². The highest BCUT2D eigenvalue weighted by atomic mass is 16.3. The first kappa shape index (κ1) is 19.2. The summed E-state index contributed by atoms with van der Waals surface area (Å²) in [6, 6.07) is 7.12. The number of hydrogen-bond acceptors (Lipinski definition) is 3. The van der Waals surface area contributed by atoms with E-state index in [0.29, 0.717) is 18.2 Å². The third-order valence-electron chi connectivity index (χ3n) is 6.08. The van der Waals surface area contributed by atoms with Gasteiger partial charge in [-0.1, -0.05) is 0 Å². The van der Waals surface area contributed by atoms with Gasteiger partial charge in [0.05, 0.1) is 17.1 Å². The predicted octanol–water partition coefficient (Wildman–Crippen LogP) is 2.93. The van der Waals surface area contributed by atoms with E-state index < -0.39 is 0 Å². The normalized spacial score (nSPS) is 19.4. The SMILES string of the molecule is Cc1cnccc1NC(=O)C1CCC(Cn2c(=O)n(C)c3ccc([OH2+])cc32)CC1. The highest BCUT2D eigenvalue weighted by molar-refractivity contribution is 5.93. The molecule has 0 radical (unpaired) electrons. The number of aromatic nitrogens is 3. The topological polar surface area (TPSA) is 91.8 Å². The van der Waals surface area contributed by atoms with Crippen molar-refractivity contribution in [3.8, 4) is 5.75 Å². The van der Waals surface area contributed by atoms with Gasteiger partial charge in [-0.15, -0.1) is 0 Å². The van der Waals surface area contributed by atoms with Crippen molar-refractivity contribution in [3.63, 3.8) is 0 Å². The van der Waals surface area contributed by atoms with Gasteiger partial charge in [-0.25, -0.2) is 4.79 Å². The smallest absolute Gasteiger partial charge is 0.328 e. The third-order valence-corrected chi connectivity index (χ3v) is 6.08. The summed E-state index contributed by atoms with van der Waals surface area (Å²) in [7, 11) is 1.77. The second-order valence-corrected chi connectivity index (χ2v) is 8.05. The van der Waals surface area contributed by atoms with Crippen LogP contribution in [0.3, 0.4) is 0 Å². The fourth-order valence-electron chi connectivity index (χ4n) is 4.30. The van der Waals surface area contributed by atoms with E-state index >= 15 is 0 Å². The van der Waals surface area contributed by atoms with Crippen molar-refractivity contribution < 1.29 is 9.90 Å². The van der Waals surface area contributed by atoms with E-state index in [-0.39, 0.29) is 17.5 Å². The number of imidazole rings is 1. The van der Waals surface area contributed by atoms with Crippen LogP contribution in [-0.2, 0) is 18.4 Å². The molecular weight excluding hydrogens is 368 g/mol. The van der Waals surface area contributed by atoms with Crippen molar-refractivity contribution in [3.05, 3.63) is 52.7 Å². The molecule has 0 aliphatic heterocycles. The number of hydrogen-bond donors (Lipinski definition) is 1. The number of benzene rings is 1. The highest BCUT2D eigenvalue weighted by Gasteiger charge is 2.27. The lowest BCUT2D eigenvalue weighted by molar-refractivity contribution is -0.121. The fraction of sp³-hybridized carbons (Fsp3) is 0.409. The van der Waals surface area contributed by atoms with Crippen LogP contribution in [0, 0.1) is 18.8 Å². The molecule has 1 fully saturated rings. The number of pyridine rings is 1. The maximum Gasteiger partial charge on any atom is 0.328 e. The van der Waals surface area contributed by atoms with Crippen molar-refractivity contribution in [1.82, 2.24) is 14.1 Å². The van der Waals surface area contributed by atoms with E-state index in [1.54, 1.807) is 40.7 Å². The molecule has 7 nitrogen and oxygen atoms in total. The van der Waals surface area contributed by atoms with Gasteiger partial charge in [-0.2, -0.15) is 0 Å². The van der Waals surface area contributed by atoms with Crippen LogP contribution in [0.1, 0.15) is 31.2 Å². The quantitative estimate of drug-likeness (QED) is 0.689. The number of anilines is 1. The van der Waals surface area contributed by atoms with E-state index in [1.807, 2.05) is 19.1 Å². The number of carbonyl (C=O) groups excluding carboxylic acids is 1. The molecule has 29 heavy (non-hydrogen) atoms. The summed E-state index contributed by atoms with van der Waals surface area (Å²) in [6.45, 7) is 2.57. The third kappa shape index (κ3) is 3.77. The Morgan fingerprint density at radius 3 is 2.69 bits per heavy atom. The Bertz CT molecular complexity index is 1110. The number of nitrogens with zero attached hydrogens (tertiary/aromatic N) is 3. The van der Waals surface area contributed by atoms with Gasteiger partial charge in [0.2, 0.25) is 5.91 Å². The molecule has 1 aromatic carbocycles. The largest absolute Gasteiger partial charge is 0.593 e. The van der Waals surface area contributed by atoms with Crippen LogP contribution in [0.2, 0.25) is 0 Å². The minimum absolute atomic E-state index is 0.00268. The number of aryl methyl sites for hydroxylation is 2. The molecular formula is C22H27N4O3+. The summed E-state index contributed by atoms with van der Waals surface area (Å²) in [5.74, 6) is 0.838. The van der Waals surface area contributed by atoms with E-state index in [4.69, 9.17) is 5.11 Å². The van der Waals surface area contributed by atoms with Crippen LogP contribution >= 0.6 is 0 Å². The summed E-state index contributed by atoms with van der Waals surface area (Å²) in [4.78, 5) is 29.4. The molecule has 1 saturated carbocycles. The van der Waals surface area contributed by atoms with Gasteiger partial charge < -0.3 is 10.4 Å². The Hall–Kier alpha value is -3.09. The molecule has 2 heterocycles. The maximum atomic E-state index is 12.7. The average Bonchev–Trinajstić information content (AvgIpc) is 2.94. The number of carbonyl (C=O) groups is 1. The van der Waals surface area contributed by atoms with Crippen LogP contribution in [0.15, 0.2) is 41.5 Å². The summed E-state index contributed by atoms with van der Waals surface area (Å²) in [6.07, 6.45) is 6.90. The first-order chi connectivity index (χ1) is 13.9. The maximum absolute atomic E-state index is 12.7. The molecule has 4 rings (SSSR count). The first-order valence-electron chi connectivity index (χ1n) is 10.1. The molecule has 0 atom stereocenters. The van der Waals surface area contributed by atoms with Crippen molar-refractivity contribution >= 4 is 22.6 Å². The molecule has 0 saturated heterocycles. The lowest BCUT2D eigenvalue weighted by Gasteiger charge is -2.28. The van der Waals surface area contributed by atoms with Crippen LogP contribution in [0.5, 0.6) is 5.75 Å². The van der Waals surface area contributed by atoms with Crippen LogP contribution < -0.4 is 11.0 Å². The highest BCUT2D eigenvalue weighted by Crippen LogP contribution is 2.31. The van der Waals surface area contributed by atoms with Gasteiger partial charge >= 0.3 is 5.69 Å². The molecule has 0 spiro atoms. The number of amides is 1. The zero-order chi connectivity index (χ0) is 20.5. The van der Waals surface area contributed by atoms with Gasteiger partial charge in [0.25, 0.3) is 5.75 Å². The van der Waals surface area contributed by atoms with Crippen LogP contribution in [0.4, 0.5) is 5.69 Å². The summed E-state index contributed by atoms with van der Waals surface area (Å²) in [5, 5.41) is 10.9. The Morgan fingerprint density at radius 1 is 1.21 bits per heavy atom. The van der Waals surface area contributed by atoms with Gasteiger partial charge in [0, 0.05) is 43.7 Å². The summed E-state index contributed by atoms with van der Waals surface area (Å²) >= 11 is 0. The van der Waals surface area contributed by atoms with Gasteiger partial charge in [0.1, 0.15) is 0 Å². The average molecular weight is 395 g/mol. The predicted molar refractivity (Wildman–Crippen MR) is 113 cm³/mol. The van der Waals surface area contributed by atoms with Gasteiger partial charge in [-0.3, -0.25) is 18.9 Å². The monoisotopic (exact) mass is 395 g/mol. The van der Waals surface area contributed by atoms with Gasteiger partial charge in [0.15, 0.2) is 0 Å². The number of nitrogens with one attached hydrogen (secondary N) is 1. The molecule has 152 valence electrons. The molecule has 1 amide bonds. The van der Waals surface area contributed by atoms with Gasteiger partial charge in [-0.05, 0) is 56.2 Å². The fourth-order valence-corrected chi connectivity index (χ4v) is 4.30. The summed E-state index contributed by atoms with van der Waals surface area (Å²) in [5.41, 5.74) is 3.41. The van der Waals surface area contributed by atoms with Crippen molar-refractivity contribution in [2.45, 2.75) is 39.2 Å². The second-order valence-electron chi connectivity index (χ2n) is 8.05. The molecule has 0 unspecified atom stereocenters. The van der Waals surface area contributed by atoms with Crippen LogP contribution in [0.25, 0.3) is 11.0 Å². The number of rotatable bonds is 4. The Balaban J connectivity index is 1.42. The minimum Gasteiger partial charge on any atom is -0.593 e. The van der Waals surface area contributed by atoms with E-state index in [2.05, 4.69) is 10.3 Å². The standard InChI is InChI=1S/C22H26N4O3/c1-14-12-23-10-9-18(14)24-21(28)16-5-3-15(4-6-16)13-26-20-11-17(27)7-8-19(20)25(2)22(26)29/h7-12,15-16,27H,3-6,13H2,1-2H3,(H,23,24,28)/p+1.